The van der Waals surface area contributed by atoms with Gasteiger partial charge >= 0.3 is 0 Å². The van der Waals surface area contributed by atoms with Crippen LogP contribution in [0.1, 0.15) is 41.8 Å². The molecule has 0 radical (unpaired) electrons. The fraction of sp³-hybridized carbons (Fsp3) is 0.368. The molecule has 2 aromatic rings. The van der Waals surface area contributed by atoms with E-state index in [0.717, 1.165) is 28.9 Å². The van der Waals surface area contributed by atoms with Crippen molar-refractivity contribution < 1.29 is 4.79 Å². The normalized spacial score (nSPS) is 10.8. The van der Waals surface area contributed by atoms with Crippen molar-refractivity contribution in [2.45, 2.75) is 34.1 Å². The van der Waals surface area contributed by atoms with Crippen molar-refractivity contribution in [3.8, 4) is 0 Å². The van der Waals surface area contributed by atoms with Crippen molar-refractivity contribution in [1.29, 1.82) is 0 Å². The van der Waals surface area contributed by atoms with Gasteiger partial charge in [0.05, 0.1) is 28.2 Å². The number of nitrogens with one attached hydrogen (secondary N) is 2. The second-order valence-electron chi connectivity index (χ2n) is 6.46. The summed E-state index contributed by atoms with van der Waals surface area (Å²) in [5.41, 5.74) is 4.26. The number of nitrogens with zero attached hydrogens (tertiary/aromatic N) is 1. The fourth-order valence-electron chi connectivity index (χ4n) is 2.43. The number of pyridine rings is 1. The van der Waals surface area contributed by atoms with Gasteiger partial charge in [-0.3, -0.25) is 9.78 Å². The van der Waals surface area contributed by atoms with Crippen LogP contribution in [0, 0.1) is 19.8 Å². The van der Waals surface area contributed by atoms with Crippen molar-refractivity contribution >= 4 is 28.9 Å². The molecule has 128 valence electrons. The van der Waals surface area contributed by atoms with E-state index >= 15 is 0 Å². The number of carbonyl (C=O) groups is 1. The van der Waals surface area contributed by atoms with Crippen molar-refractivity contribution in [2.75, 3.05) is 11.9 Å². The average Bonchev–Trinajstić information content (AvgIpc) is 2.50. The second-order valence-corrected chi connectivity index (χ2v) is 6.87. The molecule has 24 heavy (non-hydrogen) atoms. The smallest absolute Gasteiger partial charge is 0.252 e. The van der Waals surface area contributed by atoms with Crippen molar-refractivity contribution in [1.82, 2.24) is 10.3 Å². The van der Waals surface area contributed by atoms with E-state index in [-0.39, 0.29) is 5.91 Å². The highest BCUT2D eigenvalue weighted by Gasteiger charge is 2.10. The monoisotopic (exact) mass is 345 g/mol. The SMILES string of the molecule is Cc1cc(C)c(Nc2cncc(C(=O)NCCC(C)C)c2)c(Cl)c1. The van der Waals surface area contributed by atoms with Crippen LogP contribution >= 0.6 is 11.6 Å². The molecular weight excluding hydrogens is 322 g/mol. The molecule has 1 aromatic carbocycles. The number of aromatic nitrogens is 1. The zero-order chi connectivity index (χ0) is 17.7. The zero-order valence-electron chi connectivity index (χ0n) is 14.6. The number of hydrogen-bond donors (Lipinski definition) is 2. The first-order valence-electron chi connectivity index (χ1n) is 8.14. The molecule has 0 aliphatic rings. The van der Waals surface area contributed by atoms with E-state index in [9.17, 15) is 4.79 Å². The summed E-state index contributed by atoms with van der Waals surface area (Å²) in [5, 5.41) is 6.83. The minimum Gasteiger partial charge on any atom is -0.353 e. The van der Waals surface area contributed by atoms with E-state index in [4.69, 9.17) is 11.6 Å². The average molecular weight is 346 g/mol. The summed E-state index contributed by atoms with van der Waals surface area (Å²) >= 11 is 6.32. The lowest BCUT2D eigenvalue weighted by molar-refractivity contribution is 0.0951. The highest BCUT2D eigenvalue weighted by Crippen LogP contribution is 2.30. The number of halogens is 1. The molecule has 1 heterocycles. The van der Waals surface area contributed by atoms with Crippen LogP contribution in [0.2, 0.25) is 5.02 Å². The predicted octanol–water partition coefficient (Wildman–Crippen LogP) is 4.87. The maximum absolute atomic E-state index is 12.2. The Morgan fingerprint density at radius 3 is 2.62 bits per heavy atom. The van der Waals surface area contributed by atoms with E-state index < -0.39 is 0 Å². The van der Waals surface area contributed by atoms with Crippen LogP contribution in [-0.4, -0.2) is 17.4 Å². The molecule has 0 unspecified atom stereocenters. The summed E-state index contributed by atoms with van der Waals surface area (Å²) < 4.78 is 0. The molecule has 1 aromatic heterocycles. The summed E-state index contributed by atoms with van der Waals surface area (Å²) in [6.45, 7) is 8.93. The summed E-state index contributed by atoms with van der Waals surface area (Å²) in [6.07, 6.45) is 4.20. The van der Waals surface area contributed by atoms with Gasteiger partial charge < -0.3 is 10.6 Å². The van der Waals surface area contributed by atoms with Gasteiger partial charge in [-0.25, -0.2) is 0 Å². The number of rotatable bonds is 6. The summed E-state index contributed by atoms with van der Waals surface area (Å²) in [6, 6.07) is 5.75. The van der Waals surface area contributed by atoms with Crippen LogP contribution in [0.4, 0.5) is 11.4 Å². The van der Waals surface area contributed by atoms with Gasteiger partial charge in [0.15, 0.2) is 0 Å². The van der Waals surface area contributed by atoms with E-state index in [1.807, 2.05) is 19.9 Å². The molecule has 4 nitrogen and oxygen atoms in total. The number of benzene rings is 1. The molecule has 0 spiro atoms. The number of anilines is 2. The second kappa shape index (κ2) is 8.15. The van der Waals surface area contributed by atoms with E-state index in [0.29, 0.717) is 23.0 Å². The van der Waals surface area contributed by atoms with Gasteiger partial charge in [0.25, 0.3) is 5.91 Å². The standard InChI is InChI=1S/C19H24ClN3O/c1-12(2)5-6-22-19(24)15-9-16(11-21-10-15)23-18-14(4)7-13(3)8-17(18)20/h7-12,23H,5-6H2,1-4H3,(H,22,24). The van der Waals surface area contributed by atoms with Gasteiger partial charge in [-0.1, -0.05) is 31.5 Å². The summed E-state index contributed by atoms with van der Waals surface area (Å²) in [4.78, 5) is 16.4. The van der Waals surface area contributed by atoms with Gasteiger partial charge in [0.2, 0.25) is 0 Å². The quantitative estimate of drug-likeness (QED) is 0.785. The molecule has 0 atom stereocenters. The Balaban J connectivity index is 2.12. The van der Waals surface area contributed by atoms with Crippen LogP contribution in [0.3, 0.4) is 0 Å². The Morgan fingerprint density at radius 2 is 1.96 bits per heavy atom. The lowest BCUT2D eigenvalue weighted by Crippen LogP contribution is -2.25. The minimum atomic E-state index is -0.112. The molecule has 2 rings (SSSR count). The van der Waals surface area contributed by atoms with Gasteiger partial charge in [-0.2, -0.15) is 0 Å². The van der Waals surface area contributed by atoms with Gasteiger partial charge in [-0.15, -0.1) is 0 Å². The molecule has 0 bridgehead atoms. The molecule has 0 saturated carbocycles. The van der Waals surface area contributed by atoms with Gasteiger partial charge in [-0.05, 0) is 49.4 Å². The molecule has 0 fully saturated rings. The van der Waals surface area contributed by atoms with Crippen LogP contribution in [0.5, 0.6) is 0 Å². The number of hydrogen-bond acceptors (Lipinski definition) is 3. The van der Waals surface area contributed by atoms with E-state index in [1.54, 1.807) is 18.5 Å². The Hall–Kier alpha value is -2.07. The Bertz CT molecular complexity index is 705. The van der Waals surface area contributed by atoms with Gasteiger partial charge in [0, 0.05) is 12.7 Å². The maximum Gasteiger partial charge on any atom is 0.252 e. The largest absolute Gasteiger partial charge is 0.353 e. The Kier molecular flexibility index (Phi) is 6.21. The minimum absolute atomic E-state index is 0.112. The fourth-order valence-corrected chi connectivity index (χ4v) is 2.80. The van der Waals surface area contributed by atoms with Crippen LogP contribution in [-0.2, 0) is 0 Å². The van der Waals surface area contributed by atoms with Crippen LogP contribution < -0.4 is 10.6 Å². The topological polar surface area (TPSA) is 54.0 Å². The number of carbonyl (C=O) groups excluding carboxylic acids is 1. The van der Waals surface area contributed by atoms with E-state index in [1.165, 1.54) is 0 Å². The highest BCUT2D eigenvalue weighted by molar-refractivity contribution is 6.33. The molecule has 0 saturated heterocycles. The first-order valence-corrected chi connectivity index (χ1v) is 8.51. The van der Waals surface area contributed by atoms with Crippen LogP contribution in [0.15, 0.2) is 30.6 Å². The maximum atomic E-state index is 12.2. The third kappa shape index (κ3) is 4.96. The molecule has 2 N–H and O–H groups in total. The summed E-state index contributed by atoms with van der Waals surface area (Å²) in [7, 11) is 0. The molecule has 0 aliphatic carbocycles. The van der Waals surface area contributed by atoms with Crippen molar-refractivity contribution in [3.63, 3.8) is 0 Å². The molecule has 0 aliphatic heterocycles. The van der Waals surface area contributed by atoms with Crippen molar-refractivity contribution in [2.24, 2.45) is 5.92 Å². The van der Waals surface area contributed by atoms with E-state index in [2.05, 4.69) is 35.5 Å². The Morgan fingerprint density at radius 1 is 1.21 bits per heavy atom. The molecule has 1 amide bonds. The lowest BCUT2D eigenvalue weighted by Gasteiger charge is -2.13. The Labute approximate surface area is 148 Å². The first kappa shape index (κ1) is 18.3. The molecule has 5 heteroatoms. The van der Waals surface area contributed by atoms with Crippen LogP contribution in [0.25, 0.3) is 0 Å². The zero-order valence-corrected chi connectivity index (χ0v) is 15.4. The molecular formula is C19H24ClN3O. The van der Waals surface area contributed by atoms with Gasteiger partial charge in [0.1, 0.15) is 0 Å². The summed E-state index contributed by atoms with van der Waals surface area (Å²) in [5.74, 6) is 0.446. The third-order valence-corrected chi connectivity index (χ3v) is 4.01. The highest BCUT2D eigenvalue weighted by atomic mass is 35.5. The lowest BCUT2D eigenvalue weighted by atomic mass is 10.1. The first-order chi connectivity index (χ1) is 11.4. The predicted molar refractivity (Wildman–Crippen MR) is 100 cm³/mol. The number of aryl methyl sites for hydroxylation is 2. The third-order valence-electron chi connectivity index (χ3n) is 3.71. The number of amides is 1. The van der Waals surface area contributed by atoms with Crippen molar-refractivity contribution in [3.05, 3.63) is 52.3 Å².